The minimum absolute atomic E-state index is 0.158. The number of carboxylic acid groups (broad SMARTS) is 1. The van der Waals surface area contributed by atoms with Crippen molar-refractivity contribution in [1.82, 2.24) is 0 Å². The molecule has 2 aliphatic rings. The molecule has 0 saturated heterocycles. The van der Waals surface area contributed by atoms with Crippen molar-refractivity contribution in [2.45, 2.75) is 63.9 Å². The number of allylic oxidation sites excluding steroid dienone is 3. The van der Waals surface area contributed by atoms with Crippen molar-refractivity contribution < 1.29 is 24.8 Å². The predicted molar refractivity (Wildman–Crippen MR) is 142 cm³/mol. The molecule has 5 heteroatoms. The van der Waals surface area contributed by atoms with Gasteiger partial charge < -0.3 is 9.84 Å². The number of ether oxygens (including phenoxy) is 1. The van der Waals surface area contributed by atoms with Gasteiger partial charge in [0, 0.05) is 31.0 Å². The predicted octanol–water partition coefficient (Wildman–Crippen LogP) is 7.25. The van der Waals surface area contributed by atoms with Gasteiger partial charge in [-0.25, -0.2) is 4.89 Å². The molecule has 0 aliphatic heterocycles. The molecule has 0 radical (unpaired) electrons. The first-order valence-electron chi connectivity index (χ1n) is 13.2. The summed E-state index contributed by atoms with van der Waals surface area (Å²) in [6, 6.07) is 21.1. The number of hydrogen-bond acceptors (Lipinski definition) is 4. The number of fused-ring (bicyclic) bond motifs is 1. The van der Waals surface area contributed by atoms with Gasteiger partial charge in [0.2, 0.25) is 0 Å². The maximum absolute atomic E-state index is 10.6. The van der Waals surface area contributed by atoms with E-state index in [1.54, 1.807) is 0 Å². The van der Waals surface area contributed by atoms with Crippen molar-refractivity contribution in [2.75, 3.05) is 13.2 Å². The molecule has 4 rings (SSSR count). The van der Waals surface area contributed by atoms with Crippen LogP contribution in [0.5, 0.6) is 0 Å². The highest BCUT2D eigenvalue weighted by Gasteiger charge is 2.57. The van der Waals surface area contributed by atoms with Crippen LogP contribution in [-0.2, 0) is 14.4 Å². The lowest BCUT2D eigenvalue weighted by Gasteiger charge is -2.37. The van der Waals surface area contributed by atoms with Crippen LogP contribution in [0.1, 0.15) is 68.9 Å². The number of aliphatic carboxylic acids is 1. The molecular formula is C31H38O5. The summed E-state index contributed by atoms with van der Waals surface area (Å²) in [5.41, 5.74) is 6.05. The fourth-order valence-corrected chi connectivity index (χ4v) is 6.34. The number of benzene rings is 2. The molecule has 1 saturated carbocycles. The first-order valence-corrected chi connectivity index (χ1v) is 13.2. The molecule has 1 fully saturated rings. The second-order valence-electron chi connectivity index (χ2n) is 10.1. The smallest absolute Gasteiger partial charge is 0.303 e. The minimum atomic E-state index is -0.750. The first-order chi connectivity index (χ1) is 17.6. The van der Waals surface area contributed by atoms with Gasteiger partial charge in [-0.15, -0.1) is 0 Å². The van der Waals surface area contributed by atoms with Gasteiger partial charge in [-0.1, -0.05) is 72.8 Å². The third-order valence-corrected chi connectivity index (χ3v) is 7.98. The summed E-state index contributed by atoms with van der Waals surface area (Å²) in [5.74, 6) is -0.591. The second kappa shape index (κ2) is 12.5. The molecule has 192 valence electrons. The summed E-state index contributed by atoms with van der Waals surface area (Å²) in [5, 5.41) is 18.5. The van der Waals surface area contributed by atoms with E-state index in [4.69, 9.17) is 14.7 Å². The Bertz CT molecular complexity index is 1050. The first kappa shape index (κ1) is 26.3. The van der Waals surface area contributed by atoms with Crippen LogP contribution in [0.4, 0.5) is 0 Å². The summed E-state index contributed by atoms with van der Waals surface area (Å²) in [6.45, 7) is 5.95. The largest absolute Gasteiger partial charge is 0.481 e. The van der Waals surface area contributed by atoms with Crippen molar-refractivity contribution in [2.24, 2.45) is 11.3 Å². The number of hydrogen-bond donors (Lipinski definition) is 2. The van der Waals surface area contributed by atoms with Crippen LogP contribution in [-0.4, -0.2) is 35.7 Å². The fraction of sp³-hybridized carbons (Fsp3) is 0.452. The average molecular weight is 491 g/mol. The Morgan fingerprint density at radius 3 is 2.31 bits per heavy atom. The summed E-state index contributed by atoms with van der Waals surface area (Å²) in [7, 11) is 0. The minimum Gasteiger partial charge on any atom is -0.481 e. The van der Waals surface area contributed by atoms with Gasteiger partial charge in [0.15, 0.2) is 0 Å². The van der Waals surface area contributed by atoms with Crippen molar-refractivity contribution in [1.29, 1.82) is 0 Å². The van der Waals surface area contributed by atoms with Gasteiger partial charge in [-0.2, -0.15) is 0 Å². The van der Waals surface area contributed by atoms with Gasteiger partial charge in [-0.05, 0) is 73.6 Å². The van der Waals surface area contributed by atoms with Gasteiger partial charge in [0.25, 0.3) is 0 Å². The molecule has 2 aromatic carbocycles. The van der Waals surface area contributed by atoms with E-state index in [9.17, 15) is 10.1 Å². The molecule has 0 bridgehead atoms. The summed E-state index contributed by atoms with van der Waals surface area (Å²) < 4.78 is 5.74. The molecule has 3 unspecified atom stereocenters. The molecule has 0 heterocycles. The highest BCUT2D eigenvalue weighted by Crippen LogP contribution is 2.66. The number of unbranched alkanes of at least 4 members (excludes halogenated alkanes) is 2. The molecule has 0 amide bonds. The second-order valence-corrected chi connectivity index (χ2v) is 10.1. The van der Waals surface area contributed by atoms with Crippen molar-refractivity contribution in [3.8, 4) is 0 Å². The molecule has 2 aliphatic carbocycles. The lowest BCUT2D eigenvalue weighted by molar-refractivity contribution is -0.286. The van der Waals surface area contributed by atoms with E-state index in [-0.39, 0.29) is 23.9 Å². The maximum atomic E-state index is 10.6. The number of carbonyl (C=O) groups is 1. The monoisotopic (exact) mass is 490 g/mol. The molecule has 36 heavy (non-hydrogen) atoms. The Labute approximate surface area is 214 Å². The molecule has 2 N–H and O–H groups in total. The summed E-state index contributed by atoms with van der Waals surface area (Å²) >= 11 is 0. The van der Waals surface area contributed by atoms with Crippen LogP contribution in [0.25, 0.3) is 11.1 Å². The average Bonchev–Trinajstić information content (AvgIpc) is 3.42. The highest BCUT2D eigenvalue weighted by molar-refractivity contribution is 5.90. The fourth-order valence-electron chi connectivity index (χ4n) is 6.34. The van der Waals surface area contributed by atoms with Crippen molar-refractivity contribution in [3.63, 3.8) is 0 Å². The maximum Gasteiger partial charge on any atom is 0.303 e. The van der Waals surface area contributed by atoms with Crippen LogP contribution in [0.2, 0.25) is 0 Å². The van der Waals surface area contributed by atoms with E-state index in [1.165, 1.54) is 16.7 Å². The molecule has 2 aromatic rings. The molecule has 5 nitrogen and oxygen atoms in total. The number of rotatable bonds is 14. The Kier molecular flexibility index (Phi) is 9.13. The van der Waals surface area contributed by atoms with Gasteiger partial charge >= 0.3 is 5.97 Å². The Hall–Kier alpha value is -2.73. The standard InChI is InChI=1S/C31H38O5/c1-23(24-12-4-2-5-13-24)31-19-18-28(36-34)27(31)22-26(30(31)25-14-6-3-7-15-25)16-8-10-20-35-21-11-9-17-29(32)33/h2-7,12-15,27-28,34H,1,8-11,16-22H2,(H,32,33). The normalized spacial score (nSPS) is 23.1. The van der Waals surface area contributed by atoms with Crippen LogP contribution in [0.15, 0.2) is 72.8 Å². The van der Waals surface area contributed by atoms with Gasteiger partial charge in [0.05, 0.1) is 6.10 Å². The summed E-state index contributed by atoms with van der Waals surface area (Å²) in [4.78, 5) is 15.7. The topological polar surface area (TPSA) is 76.0 Å². The third-order valence-electron chi connectivity index (χ3n) is 7.98. The van der Waals surface area contributed by atoms with Gasteiger partial charge in [0.1, 0.15) is 0 Å². The lowest BCUT2D eigenvalue weighted by Crippen LogP contribution is -2.30. The van der Waals surface area contributed by atoms with E-state index in [0.717, 1.165) is 56.1 Å². The van der Waals surface area contributed by atoms with E-state index < -0.39 is 5.97 Å². The van der Waals surface area contributed by atoms with E-state index in [2.05, 4.69) is 61.2 Å². The molecule has 3 atom stereocenters. The van der Waals surface area contributed by atoms with Gasteiger partial charge in [-0.3, -0.25) is 10.1 Å². The van der Waals surface area contributed by atoms with Crippen molar-refractivity contribution in [3.05, 3.63) is 83.9 Å². The van der Waals surface area contributed by atoms with E-state index in [1.807, 2.05) is 6.07 Å². The highest BCUT2D eigenvalue weighted by atomic mass is 17.1. The van der Waals surface area contributed by atoms with Crippen LogP contribution in [0.3, 0.4) is 0 Å². The summed E-state index contributed by atoms with van der Waals surface area (Å²) in [6.07, 6.45) is 7.02. The quantitative estimate of drug-likeness (QED) is 0.166. The Morgan fingerprint density at radius 1 is 0.972 bits per heavy atom. The molecule has 0 spiro atoms. The zero-order valence-corrected chi connectivity index (χ0v) is 21.0. The third kappa shape index (κ3) is 5.64. The molecule has 0 aromatic heterocycles. The zero-order chi connectivity index (χ0) is 25.4. The lowest BCUT2D eigenvalue weighted by atomic mass is 9.66. The molecular weight excluding hydrogens is 452 g/mol. The van der Waals surface area contributed by atoms with Crippen LogP contribution >= 0.6 is 0 Å². The zero-order valence-electron chi connectivity index (χ0n) is 21.0. The van der Waals surface area contributed by atoms with Crippen molar-refractivity contribution >= 4 is 17.1 Å². The SMILES string of the molecule is C=C(c1ccccc1)C12CCC(OO)C1CC(CCCCOCCCCC(=O)O)=C2c1ccccc1. The van der Waals surface area contributed by atoms with E-state index in [0.29, 0.717) is 19.6 Å². The Morgan fingerprint density at radius 2 is 1.64 bits per heavy atom. The number of carboxylic acids is 1. The van der Waals surface area contributed by atoms with E-state index >= 15 is 0 Å². The van der Waals surface area contributed by atoms with Crippen LogP contribution in [0, 0.1) is 11.3 Å². The Balaban J connectivity index is 1.52. The van der Waals surface area contributed by atoms with Crippen LogP contribution < -0.4 is 0 Å².